The van der Waals surface area contributed by atoms with Crippen molar-refractivity contribution in [2.75, 3.05) is 5.73 Å². The molecule has 0 bridgehead atoms. The number of nitrogens with two attached hydrogens (primary N) is 1. The van der Waals surface area contributed by atoms with Crippen molar-refractivity contribution in [1.29, 1.82) is 0 Å². The zero-order chi connectivity index (χ0) is 19.1. The summed E-state index contributed by atoms with van der Waals surface area (Å²) in [6, 6.07) is 4.19. The quantitative estimate of drug-likeness (QED) is 0.502. The van der Waals surface area contributed by atoms with Crippen LogP contribution in [0.2, 0.25) is 0 Å². The summed E-state index contributed by atoms with van der Waals surface area (Å²) in [7, 11) is 0. The van der Waals surface area contributed by atoms with Crippen molar-refractivity contribution >= 4 is 28.0 Å². The van der Waals surface area contributed by atoms with E-state index in [9.17, 15) is 4.79 Å². The van der Waals surface area contributed by atoms with Gasteiger partial charge < -0.3 is 15.5 Å². The van der Waals surface area contributed by atoms with Gasteiger partial charge in [0.2, 0.25) is 5.13 Å². The van der Waals surface area contributed by atoms with Gasteiger partial charge in [0, 0.05) is 12.4 Å². The molecule has 0 unspecified atom stereocenters. The van der Waals surface area contributed by atoms with E-state index in [0.717, 1.165) is 11.3 Å². The minimum atomic E-state index is -0.330. The molecule has 10 nitrogen and oxygen atoms in total. The van der Waals surface area contributed by atoms with E-state index < -0.39 is 0 Å². The predicted molar refractivity (Wildman–Crippen MR) is 102 cm³/mol. The zero-order valence-electron chi connectivity index (χ0n) is 14.8. The number of aromatic nitrogens is 7. The van der Waals surface area contributed by atoms with Crippen LogP contribution in [0.5, 0.6) is 0 Å². The molecule has 4 aromatic heterocycles. The Labute approximate surface area is 163 Å². The highest BCUT2D eigenvalue weighted by Crippen LogP contribution is 2.39. The van der Waals surface area contributed by atoms with Crippen LogP contribution in [0, 0.1) is 0 Å². The molecule has 5 rings (SSSR count). The van der Waals surface area contributed by atoms with E-state index in [4.69, 9.17) is 5.73 Å². The van der Waals surface area contributed by atoms with Gasteiger partial charge in [-0.2, -0.15) is 0 Å². The molecular weight excluding hydrogens is 378 g/mol. The number of nitrogens with zero attached hydrogens (tertiary/aromatic N) is 7. The number of nitrogens with one attached hydrogen (secondary N) is 1. The second kappa shape index (κ2) is 6.68. The van der Waals surface area contributed by atoms with E-state index in [0.29, 0.717) is 22.6 Å². The normalized spacial score (nSPS) is 13.9. The van der Waals surface area contributed by atoms with Crippen molar-refractivity contribution in [3.8, 4) is 0 Å². The summed E-state index contributed by atoms with van der Waals surface area (Å²) in [4.78, 5) is 16.8. The maximum absolute atomic E-state index is 12.2. The molecule has 0 radical (unpaired) electrons. The third-order valence-corrected chi connectivity index (χ3v) is 5.30. The maximum Gasteiger partial charge on any atom is 0.273 e. The number of pyridine rings is 1. The van der Waals surface area contributed by atoms with Crippen LogP contribution in [0.25, 0.3) is 5.65 Å². The molecular formula is C17H17N9OS. The number of hydrogen-bond donors (Lipinski definition) is 2. The highest BCUT2D eigenvalue weighted by Gasteiger charge is 2.23. The first-order valence-corrected chi connectivity index (χ1v) is 9.69. The first-order chi connectivity index (χ1) is 13.6. The summed E-state index contributed by atoms with van der Waals surface area (Å²) >= 11 is 1.23. The Kier molecular flexibility index (Phi) is 4.01. The monoisotopic (exact) mass is 395 g/mol. The Balaban J connectivity index is 1.25. The zero-order valence-corrected chi connectivity index (χ0v) is 15.6. The predicted octanol–water partition coefficient (Wildman–Crippen LogP) is 1.22. The van der Waals surface area contributed by atoms with Gasteiger partial charge in [0.25, 0.3) is 5.91 Å². The lowest BCUT2D eigenvalue weighted by atomic mass is 10.2. The van der Waals surface area contributed by atoms with Gasteiger partial charge in [-0.15, -0.1) is 15.3 Å². The molecule has 1 aliphatic rings. The molecule has 4 aromatic rings. The number of carbonyl (C=O) groups excluding carboxylic acids is 1. The summed E-state index contributed by atoms with van der Waals surface area (Å²) in [5.74, 6) is 0.368. The number of imidazole rings is 1. The van der Waals surface area contributed by atoms with Gasteiger partial charge in [0.15, 0.2) is 5.69 Å². The Hall–Kier alpha value is -3.34. The fraction of sp³-hybridized carbons (Fsp3) is 0.294. The fourth-order valence-electron chi connectivity index (χ4n) is 3.03. The van der Waals surface area contributed by atoms with Gasteiger partial charge in [0.05, 0.1) is 25.0 Å². The molecule has 0 atom stereocenters. The van der Waals surface area contributed by atoms with E-state index in [1.807, 2.05) is 16.7 Å². The van der Waals surface area contributed by atoms with Crippen molar-refractivity contribution in [3.63, 3.8) is 0 Å². The minimum Gasteiger partial charge on any atom is -0.374 e. The van der Waals surface area contributed by atoms with Crippen LogP contribution in [0.15, 0.2) is 30.7 Å². The third-order valence-electron chi connectivity index (χ3n) is 4.55. The van der Waals surface area contributed by atoms with Gasteiger partial charge in [-0.1, -0.05) is 22.6 Å². The third kappa shape index (κ3) is 3.43. The van der Waals surface area contributed by atoms with Crippen LogP contribution in [0.1, 0.15) is 45.5 Å². The van der Waals surface area contributed by atoms with E-state index in [1.165, 1.54) is 29.7 Å². The molecule has 0 spiro atoms. The lowest BCUT2D eigenvalue weighted by molar-refractivity contribution is 0.0945. The average molecular weight is 395 g/mol. The standard InChI is InChI=1S/C17H17N9OS/c18-17-23-22-15(28-17)5-19-16(27)13-9-26(24-21-13)8-12-7-25-6-11(10-1-2-10)3-4-14(25)20-12/h3-4,6-7,9-10H,1-2,5,8H2,(H2,18,23)(H,19,27). The lowest BCUT2D eigenvalue weighted by Crippen LogP contribution is -2.23. The van der Waals surface area contributed by atoms with Crippen LogP contribution in [-0.2, 0) is 13.1 Å². The first-order valence-electron chi connectivity index (χ1n) is 8.88. The molecule has 1 fully saturated rings. The van der Waals surface area contributed by atoms with Gasteiger partial charge in [0.1, 0.15) is 10.7 Å². The molecule has 11 heteroatoms. The molecule has 28 heavy (non-hydrogen) atoms. The van der Waals surface area contributed by atoms with E-state index in [-0.39, 0.29) is 18.1 Å². The molecule has 0 aliphatic heterocycles. The van der Waals surface area contributed by atoms with Crippen LogP contribution in [0.3, 0.4) is 0 Å². The van der Waals surface area contributed by atoms with E-state index in [2.05, 4.69) is 43.1 Å². The molecule has 3 N–H and O–H groups in total. The van der Waals surface area contributed by atoms with Gasteiger partial charge in [-0.3, -0.25) is 4.79 Å². The fourth-order valence-corrected chi connectivity index (χ4v) is 3.58. The largest absolute Gasteiger partial charge is 0.374 e. The van der Waals surface area contributed by atoms with Crippen molar-refractivity contribution < 1.29 is 4.79 Å². The Morgan fingerprint density at radius 3 is 2.89 bits per heavy atom. The molecule has 0 aromatic carbocycles. The smallest absolute Gasteiger partial charge is 0.273 e. The summed E-state index contributed by atoms with van der Waals surface area (Å²) in [6.07, 6.45) is 8.27. The topological polar surface area (TPSA) is 129 Å². The van der Waals surface area contributed by atoms with Crippen molar-refractivity contribution in [3.05, 3.63) is 52.7 Å². The Bertz CT molecular complexity index is 1160. The van der Waals surface area contributed by atoms with Crippen LogP contribution < -0.4 is 11.1 Å². The second-order valence-electron chi connectivity index (χ2n) is 6.75. The summed E-state index contributed by atoms with van der Waals surface area (Å²) in [5, 5.41) is 19.3. The van der Waals surface area contributed by atoms with Gasteiger partial charge >= 0.3 is 0 Å². The number of nitrogen functional groups attached to an aromatic ring is 1. The van der Waals surface area contributed by atoms with Gasteiger partial charge in [-0.05, 0) is 30.4 Å². The highest BCUT2D eigenvalue weighted by molar-refractivity contribution is 7.15. The minimum absolute atomic E-state index is 0.234. The molecule has 0 saturated heterocycles. The number of fused-ring (bicyclic) bond motifs is 1. The number of amides is 1. The Morgan fingerprint density at radius 1 is 1.21 bits per heavy atom. The van der Waals surface area contributed by atoms with Crippen molar-refractivity contribution in [2.45, 2.75) is 31.8 Å². The van der Waals surface area contributed by atoms with E-state index in [1.54, 1.807) is 10.9 Å². The summed E-state index contributed by atoms with van der Waals surface area (Å²) in [5.41, 5.74) is 8.87. The summed E-state index contributed by atoms with van der Waals surface area (Å²) < 4.78 is 3.64. The Morgan fingerprint density at radius 2 is 2.11 bits per heavy atom. The second-order valence-corrected chi connectivity index (χ2v) is 7.85. The number of hydrogen-bond acceptors (Lipinski definition) is 8. The van der Waals surface area contributed by atoms with Crippen molar-refractivity contribution in [1.82, 2.24) is 39.9 Å². The molecule has 4 heterocycles. The number of carbonyl (C=O) groups is 1. The summed E-state index contributed by atoms with van der Waals surface area (Å²) in [6.45, 7) is 0.685. The van der Waals surface area contributed by atoms with E-state index >= 15 is 0 Å². The SMILES string of the molecule is Nc1nnc(CNC(=O)c2cn(Cc3cn4cc(C5CC5)ccc4n3)nn2)s1. The molecule has 142 valence electrons. The molecule has 1 saturated carbocycles. The van der Waals surface area contributed by atoms with Crippen LogP contribution in [0.4, 0.5) is 5.13 Å². The maximum atomic E-state index is 12.2. The number of rotatable bonds is 6. The first kappa shape index (κ1) is 16.8. The van der Waals surface area contributed by atoms with Crippen LogP contribution >= 0.6 is 11.3 Å². The van der Waals surface area contributed by atoms with Crippen molar-refractivity contribution in [2.24, 2.45) is 0 Å². The average Bonchev–Trinajstić information content (AvgIpc) is 3.09. The van der Waals surface area contributed by atoms with Crippen LogP contribution in [-0.4, -0.2) is 40.5 Å². The number of anilines is 1. The highest BCUT2D eigenvalue weighted by atomic mass is 32.1. The molecule has 1 amide bonds. The van der Waals surface area contributed by atoms with Gasteiger partial charge in [-0.25, -0.2) is 9.67 Å². The molecule has 1 aliphatic carbocycles. The lowest BCUT2D eigenvalue weighted by Gasteiger charge is -1.98.